The third-order valence-electron chi connectivity index (χ3n) is 3.82. The molecule has 8 nitrogen and oxygen atoms in total. The molecule has 0 unspecified atom stereocenters. The zero-order chi connectivity index (χ0) is 17.9. The van der Waals surface area contributed by atoms with E-state index in [1.807, 2.05) is 13.8 Å². The molecule has 1 aromatic heterocycles. The molecule has 134 valence electrons. The second kappa shape index (κ2) is 10.5. The van der Waals surface area contributed by atoms with Gasteiger partial charge in [-0.3, -0.25) is 25.6 Å². The number of anilines is 1. The molecule has 1 atom stereocenters. The van der Waals surface area contributed by atoms with Crippen LogP contribution < -0.4 is 10.9 Å². The molecule has 24 heavy (non-hydrogen) atoms. The number of unbranched alkanes of at least 4 members (excludes halogenated alkanes) is 2. The number of rotatable bonds is 11. The van der Waals surface area contributed by atoms with Crippen LogP contribution in [-0.4, -0.2) is 39.1 Å². The van der Waals surface area contributed by atoms with E-state index in [-0.39, 0.29) is 12.5 Å². The molecule has 0 saturated carbocycles. The molecule has 0 spiro atoms. The first-order valence-electron chi connectivity index (χ1n) is 8.30. The SMILES string of the molecule is CCCCC[C@H](CN(O)C=O)C(=O)NNc1ncc(CC)c(C)n1. The number of hydroxylamine groups is 2. The molecule has 2 amide bonds. The van der Waals surface area contributed by atoms with Crippen LogP contribution in [0, 0.1) is 12.8 Å². The number of nitrogens with one attached hydrogen (secondary N) is 2. The highest BCUT2D eigenvalue weighted by molar-refractivity contribution is 5.80. The summed E-state index contributed by atoms with van der Waals surface area (Å²) in [6.07, 6.45) is 6.31. The number of hydrazine groups is 1. The van der Waals surface area contributed by atoms with E-state index in [2.05, 4.69) is 27.7 Å². The van der Waals surface area contributed by atoms with Crippen molar-refractivity contribution in [3.63, 3.8) is 0 Å². The van der Waals surface area contributed by atoms with E-state index in [0.29, 0.717) is 23.8 Å². The van der Waals surface area contributed by atoms with E-state index in [4.69, 9.17) is 0 Å². The third kappa shape index (κ3) is 6.49. The van der Waals surface area contributed by atoms with E-state index in [0.717, 1.165) is 36.9 Å². The number of amides is 2. The predicted molar refractivity (Wildman–Crippen MR) is 90.1 cm³/mol. The highest BCUT2D eigenvalue weighted by atomic mass is 16.5. The summed E-state index contributed by atoms with van der Waals surface area (Å²) in [6, 6.07) is 0. The quantitative estimate of drug-likeness (QED) is 0.246. The summed E-state index contributed by atoms with van der Waals surface area (Å²) in [5, 5.41) is 9.85. The number of aromatic nitrogens is 2. The van der Waals surface area contributed by atoms with Gasteiger partial charge in [0.25, 0.3) is 0 Å². The Morgan fingerprint density at radius 1 is 1.42 bits per heavy atom. The second-order valence-electron chi connectivity index (χ2n) is 5.69. The standard InChI is InChI=1S/C16H27N5O3/c1-4-6-7-8-14(10-21(24)11-22)15(23)19-20-16-17-9-13(5-2)12(3)18-16/h9,11,14,24H,4-8,10H2,1-3H3,(H,19,23)(H,17,18,20)/t14-/m1/s1. The van der Waals surface area contributed by atoms with Crippen molar-refractivity contribution < 1.29 is 14.8 Å². The van der Waals surface area contributed by atoms with Crippen LogP contribution in [0.25, 0.3) is 0 Å². The first-order chi connectivity index (χ1) is 11.5. The van der Waals surface area contributed by atoms with Crippen LogP contribution in [0.3, 0.4) is 0 Å². The number of hydrogen-bond donors (Lipinski definition) is 3. The molecule has 0 aromatic carbocycles. The van der Waals surface area contributed by atoms with E-state index < -0.39 is 5.92 Å². The van der Waals surface area contributed by atoms with E-state index >= 15 is 0 Å². The highest BCUT2D eigenvalue weighted by Gasteiger charge is 2.20. The van der Waals surface area contributed by atoms with Crippen molar-refractivity contribution in [2.45, 2.75) is 52.9 Å². The summed E-state index contributed by atoms with van der Waals surface area (Å²) < 4.78 is 0. The normalized spacial score (nSPS) is 11.7. The van der Waals surface area contributed by atoms with Gasteiger partial charge in [0.1, 0.15) is 0 Å². The average molecular weight is 337 g/mol. The van der Waals surface area contributed by atoms with Gasteiger partial charge in [0.15, 0.2) is 0 Å². The number of carbonyl (C=O) groups is 2. The fourth-order valence-electron chi connectivity index (χ4n) is 2.33. The van der Waals surface area contributed by atoms with Crippen molar-refractivity contribution in [3.8, 4) is 0 Å². The van der Waals surface area contributed by atoms with Crippen molar-refractivity contribution >= 4 is 18.3 Å². The first kappa shape index (κ1) is 19.8. The lowest BCUT2D eigenvalue weighted by atomic mass is 10.0. The van der Waals surface area contributed by atoms with Gasteiger partial charge in [-0.15, -0.1) is 0 Å². The lowest BCUT2D eigenvalue weighted by Gasteiger charge is -2.19. The van der Waals surface area contributed by atoms with Gasteiger partial charge < -0.3 is 0 Å². The number of aryl methyl sites for hydroxylation is 2. The smallest absolute Gasteiger partial charge is 0.243 e. The van der Waals surface area contributed by atoms with Crippen LogP contribution in [0.2, 0.25) is 0 Å². The maximum absolute atomic E-state index is 12.3. The van der Waals surface area contributed by atoms with Crippen LogP contribution >= 0.6 is 0 Å². The summed E-state index contributed by atoms with van der Waals surface area (Å²) in [6.45, 7) is 5.93. The molecular formula is C16H27N5O3. The molecule has 8 heteroatoms. The Morgan fingerprint density at radius 2 is 2.17 bits per heavy atom. The lowest BCUT2D eigenvalue weighted by molar-refractivity contribution is -0.154. The zero-order valence-corrected chi connectivity index (χ0v) is 14.6. The van der Waals surface area contributed by atoms with Gasteiger partial charge in [-0.25, -0.2) is 15.0 Å². The third-order valence-corrected chi connectivity index (χ3v) is 3.82. The minimum atomic E-state index is -0.504. The fraction of sp³-hybridized carbons (Fsp3) is 0.625. The number of carbonyl (C=O) groups excluding carboxylic acids is 2. The van der Waals surface area contributed by atoms with Gasteiger partial charge in [0.2, 0.25) is 18.3 Å². The topological polar surface area (TPSA) is 107 Å². The van der Waals surface area contributed by atoms with Gasteiger partial charge in [0.05, 0.1) is 12.5 Å². The summed E-state index contributed by atoms with van der Waals surface area (Å²) in [7, 11) is 0. The molecule has 0 aliphatic carbocycles. The monoisotopic (exact) mass is 337 g/mol. The Hall–Kier alpha value is -2.22. The minimum absolute atomic E-state index is 0.0462. The maximum atomic E-state index is 12.3. The Bertz CT molecular complexity index is 538. The molecule has 0 radical (unpaired) electrons. The predicted octanol–water partition coefficient (Wildman–Crippen LogP) is 1.83. The molecule has 1 rings (SSSR count). The lowest BCUT2D eigenvalue weighted by Crippen LogP contribution is -2.40. The minimum Gasteiger partial charge on any atom is -0.286 e. The highest BCUT2D eigenvalue weighted by Crippen LogP contribution is 2.12. The van der Waals surface area contributed by atoms with Gasteiger partial charge in [0, 0.05) is 11.9 Å². The fourth-order valence-corrected chi connectivity index (χ4v) is 2.33. The van der Waals surface area contributed by atoms with Crippen molar-refractivity contribution in [1.29, 1.82) is 0 Å². The van der Waals surface area contributed by atoms with Crippen molar-refractivity contribution in [2.75, 3.05) is 12.0 Å². The summed E-state index contributed by atoms with van der Waals surface area (Å²) >= 11 is 0. The molecule has 3 N–H and O–H groups in total. The molecular weight excluding hydrogens is 310 g/mol. The molecule has 0 aliphatic rings. The van der Waals surface area contributed by atoms with E-state index in [9.17, 15) is 14.8 Å². The number of nitrogens with zero attached hydrogens (tertiary/aromatic N) is 3. The van der Waals surface area contributed by atoms with Gasteiger partial charge in [-0.05, 0) is 25.3 Å². The first-order valence-corrected chi connectivity index (χ1v) is 8.30. The Balaban J connectivity index is 2.62. The Labute approximate surface area is 142 Å². The Kier molecular flexibility index (Phi) is 8.70. The van der Waals surface area contributed by atoms with Crippen LogP contribution in [0.15, 0.2) is 6.20 Å². The van der Waals surface area contributed by atoms with Crippen molar-refractivity contribution in [2.24, 2.45) is 5.92 Å². The van der Waals surface area contributed by atoms with Crippen LogP contribution in [0.4, 0.5) is 5.95 Å². The average Bonchev–Trinajstić information content (AvgIpc) is 2.58. The van der Waals surface area contributed by atoms with Gasteiger partial charge >= 0.3 is 0 Å². The largest absolute Gasteiger partial charge is 0.286 e. The summed E-state index contributed by atoms with van der Waals surface area (Å²) in [4.78, 5) is 31.3. The summed E-state index contributed by atoms with van der Waals surface area (Å²) in [5.74, 6) is -0.510. The summed E-state index contributed by atoms with van der Waals surface area (Å²) in [5.41, 5.74) is 7.14. The van der Waals surface area contributed by atoms with Crippen molar-refractivity contribution in [1.82, 2.24) is 20.5 Å². The molecule has 0 saturated heterocycles. The maximum Gasteiger partial charge on any atom is 0.243 e. The Morgan fingerprint density at radius 3 is 2.75 bits per heavy atom. The molecule has 0 aliphatic heterocycles. The molecule has 0 fully saturated rings. The van der Waals surface area contributed by atoms with E-state index in [1.165, 1.54) is 0 Å². The van der Waals surface area contributed by atoms with E-state index in [1.54, 1.807) is 6.20 Å². The molecule has 1 aromatic rings. The molecule has 1 heterocycles. The second-order valence-corrected chi connectivity index (χ2v) is 5.69. The van der Waals surface area contributed by atoms with Gasteiger partial charge in [-0.2, -0.15) is 0 Å². The van der Waals surface area contributed by atoms with Crippen LogP contribution in [0.5, 0.6) is 0 Å². The van der Waals surface area contributed by atoms with Crippen molar-refractivity contribution in [3.05, 3.63) is 17.5 Å². The number of hydrogen-bond acceptors (Lipinski definition) is 6. The van der Waals surface area contributed by atoms with Crippen LogP contribution in [0.1, 0.15) is 50.8 Å². The zero-order valence-electron chi connectivity index (χ0n) is 14.6. The van der Waals surface area contributed by atoms with Crippen LogP contribution in [-0.2, 0) is 16.0 Å². The molecule has 0 bridgehead atoms. The van der Waals surface area contributed by atoms with Gasteiger partial charge in [-0.1, -0.05) is 33.1 Å².